The van der Waals surface area contributed by atoms with Crippen LogP contribution in [0.4, 0.5) is 0 Å². The van der Waals surface area contributed by atoms with E-state index in [4.69, 9.17) is 5.73 Å². The normalized spacial score (nSPS) is 29.5. The standard InChI is InChI=1S/C13H16N6OS2/c1-6-4-5-7(21-6)19-10(15-16-17-19)9-13(2,3)22-12-8(14)11(20)18(9)12/h4-5,8-9,12H,14H2,1-3H3. The Morgan fingerprint density at radius 3 is 2.82 bits per heavy atom. The van der Waals surface area contributed by atoms with E-state index in [-0.39, 0.29) is 22.1 Å². The second kappa shape index (κ2) is 4.53. The minimum absolute atomic E-state index is 0.0164. The summed E-state index contributed by atoms with van der Waals surface area (Å²) in [6.07, 6.45) is 0. The molecule has 2 saturated heterocycles. The minimum Gasteiger partial charge on any atom is -0.317 e. The second-order valence-electron chi connectivity index (χ2n) is 6.12. The smallest absolute Gasteiger partial charge is 0.244 e. The van der Waals surface area contributed by atoms with Crippen molar-refractivity contribution in [3.05, 3.63) is 22.8 Å². The van der Waals surface area contributed by atoms with Crippen molar-refractivity contribution >= 4 is 29.0 Å². The van der Waals surface area contributed by atoms with Crippen molar-refractivity contribution in [1.82, 2.24) is 25.1 Å². The molecule has 1 amide bonds. The lowest BCUT2D eigenvalue weighted by Crippen LogP contribution is -2.65. The molecule has 0 aliphatic carbocycles. The van der Waals surface area contributed by atoms with Gasteiger partial charge >= 0.3 is 0 Å². The van der Waals surface area contributed by atoms with Gasteiger partial charge in [0.25, 0.3) is 0 Å². The molecule has 0 radical (unpaired) electrons. The van der Waals surface area contributed by atoms with E-state index in [1.54, 1.807) is 27.8 Å². The predicted molar refractivity (Wildman–Crippen MR) is 84.8 cm³/mol. The SMILES string of the molecule is Cc1ccc(-n2nnnc2C2N3C(=O)C(N)C3SC2(C)C)s1. The van der Waals surface area contributed by atoms with Gasteiger partial charge < -0.3 is 10.6 Å². The van der Waals surface area contributed by atoms with Gasteiger partial charge in [-0.15, -0.1) is 28.2 Å². The van der Waals surface area contributed by atoms with Crippen LogP contribution in [0.1, 0.15) is 30.6 Å². The van der Waals surface area contributed by atoms with Crippen molar-refractivity contribution in [1.29, 1.82) is 0 Å². The third-order valence-electron chi connectivity index (χ3n) is 4.16. The molecule has 22 heavy (non-hydrogen) atoms. The van der Waals surface area contributed by atoms with Crippen molar-refractivity contribution in [2.24, 2.45) is 5.73 Å². The van der Waals surface area contributed by atoms with Crippen LogP contribution < -0.4 is 5.73 Å². The monoisotopic (exact) mass is 336 g/mol. The molecule has 2 N–H and O–H groups in total. The average molecular weight is 336 g/mol. The number of amides is 1. The molecule has 0 saturated carbocycles. The first kappa shape index (κ1) is 14.2. The summed E-state index contributed by atoms with van der Waals surface area (Å²) in [6.45, 7) is 6.26. The van der Waals surface area contributed by atoms with Gasteiger partial charge in [0.1, 0.15) is 22.5 Å². The van der Waals surface area contributed by atoms with Crippen LogP contribution in [0.2, 0.25) is 0 Å². The molecule has 2 fully saturated rings. The van der Waals surface area contributed by atoms with Crippen LogP contribution in [0.3, 0.4) is 0 Å². The van der Waals surface area contributed by atoms with Gasteiger partial charge in [-0.2, -0.15) is 4.68 Å². The Labute approximate surface area is 135 Å². The zero-order chi connectivity index (χ0) is 15.6. The highest BCUT2D eigenvalue weighted by molar-refractivity contribution is 8.01. The van der Waals surface area contributed by atoms with Crippen LogP contribution in [-0.2, 0) is 4.79 Å². The van der Waals surface area contributed by atoms with Crippen molar-refractivity contribution in [2.75, 3.05) is 0 Å². The molecule has 9 heteroatoms. The highest BCUT2D eigenvalue weighted by Crippen LogP contribution is 2.56. The van der Waals surface area contributed by atoms with E-state index in [2.05, 4.69) is 29.4 Å². The zero-order valence-corrected chi connectivity index (χ0v) is 14.1. The zero-order valence-electron chi connectivity index (χ0n) is 12.4. The highest BCUT2D eigenvalue weighted by Gasteiger charge is 2.62. The molecule has 2 aliphatic rings. The van der Waals surface area contributed by atoms with Crippen molar-refractivity contribution < 1.29 is 4.79 Å². The van der Waals surface area contributed by atoms with Gasteiger partial charge in [-0.1, -0.05) is 0 Å². The van der Waals surface area contributed by atoms with E-state index < -0.39 is 6.04 Å². The van der Waals surface area contributed by atoms with Crippen LogP contribution >= 0.6 is 23.1 Å². The number of aryl methyl sites for hydroxylation is 1. The van der Waals surface area contributed by atoms with E-state index in [9.17, 15) is 4.79 Å². The van der Waals surface area contributed by atoms with E-state index in [0.29, 0.717) is 5.82 Å². The Bertz CT molecular complexity index is 753. The lowest BCUT2D eigenvalue weighted by molar-refractivity contribution is -0.147. The molecule has 3 atom stereocenters. The molecule has 0 spiro atoms. The number of aromatic nitrogens is 4. The average Bonchev–Trinajstić information content (AvgIpc) is 3.14. The first-order chi connectivity index (χ1) is 10.4. The van der Waals surface area contributed by atoms with Crippen molar-refractivity contribution in [3.8, 4) is 5.00 Å². The minimum atomic E-state index is -0.414. The third kappa shape index (κ3) is 1.79. The topological polar surface area (TPSA) is 89.9 Å². The molecule has 2 aliphatic heterocycles. The molecule has 0 aromatic carbocycles. The second-order valence-corrected chi connectivity index (χ2v) is 9.16. The molecule has 116 valence electrons. The Balaban J connectivity index is 1.79. The lowest BCUT2D eigenvalue weighted by Gasteiger charge is -2.42. The molecule has 2 aromatic rings. The molecular weight excluding hydrogens is 320 g/mol. The summed E-state index contributed by atoms with van der Waals surface area (Å²) >= 11 is 3.34. The fourth-order valence-corrected chi connectivity index (χ4v) is 5.51. The Morgan fingerprint density at radius 1 is 1.36 bits per heavy atom. The van der Waals surface area contributed by atoms with Crippen molar-refractivity contribution in [3.63, 3.8) is 0 Å². The number of tetrazole rings is 1. The van der Waals surface area contributed by atoms with Crippen molar-refractivity contribution in [2.45, 2.75) is 43.0 Å². The number of β-lactam (4-membered cyclic amide) rings is 1. The molecule has 2 aromatic heterocycles. The van der Waals surface area contributed by atoms with Gasteiger partial charge in [0.2, 0.25) is 5.91 Å². The van der Waals surface area contributed by atoms with E-state index in [1.807, 2.05) is 24.0 Å². The number of thiophene rings is 1. The van der Waals surface area contributed by atoms with Gasteiger partial charge in [-0.3, -0.25) is 4.79 Å². The number of rotatable bonds is 2. The van der Waals surface area contributed by atoms with Crippen LogP contribution in [-0.4, -0.2) is 47.2 Å². The molecular formula is C13H16N6OS2. The maximum absolute atomic E-state index is 12.2. The van der Waals surface area contributed by atoms with E-state index in [0.717, 1.165) is 5.00 Å². The van der Waals surface area contributed by atoms with Gasteiger partial charge in [0.05, 0.1) is 0 Å². The van der Waals surface area contributed by atoms with Gasteiger partial charge in [0.15, 0.2) is 5.82 Å². The maximum Gasteiger partial charge on any atom is 0.244 e. The molecule has 3 unspecified atom stereocenters. The Hall–Kier alpha value is -1.45. The Morgan fingerprint density at radius 2 is 2.14 bits per heavy atom. The molecule has 7 nitrogen and oxygen atoms in total. The number of carbonyl (C=O) groups excluding carboxylic acids is 1. The number of thioether (sulfide) groups is 1. The summed E-state index contributed by atoms with van der Waals surface area (Å²) < 4.78 is 1.55. The quantitative estimate of drug-likeness (QED) is 0.826. The first-order valence-corrected chi connectivity index (χ1v) is 8.70. The fourth-order valence-electron chi connectivity index (χ4n) is 3.12. The largest absolute Gasteiger partial charge is 0.317 e. The molecule has 0 bridgehead atoms. The maximum atomic E-state index is 12.2. The number of nitrogens with zero attached hydrogens (tertiary/aromatic N) is 5. The van der Waals surface area contributed by atoms with E-state index in [1.165, 1.54) is 4.88 Å². The summed E-state index contributed by atoms with van der Waals surface area (Å²) in [5.74, 6) is 0.673. The Kier molecular flexibility index (Phi) is 2.91. The summed E-state index contributed by atoms with van der Waals surface area (Å²) in [5.41, 5.74) is 5.93. The van der Waals surface area contributed by atoms with Gasteiger partial charge in [0, 0.05) is 9.62 Å². The summed E-state index contributed by atoms with van der Waals surface area (Å²) in [6, 6.07) is 3.44. The number of fused-ring (bicyclic) bond motifs is 1. The van der Waals surface area contributed by atoms with Gasteiger partial charge in [-0.05, 0) is 43.3 Å². The first-order valence-electron chi connectivity index (χ1n) is 7.01. The van der Waals surface area contributed by atoms with Crippen LogP contribution in [0.25, 0.3) is 5.00 Å². The number of hydrogen-bond donors (Lipinski definition) is 1. The van der Waals surface area contributed by atoms with E-state index >= 15 is 0 Å². The molecule has 4 rings (SSSR count). The van der Waals surface area contributed by atoms with Crippen LogP contribution in [0.5, 0.6) is 0 Å². The summed E-state index contributed by atoms with van der Waals surface area (Å²) in [7, 11) is 0. The summed E-state index contributed by atoms with van der Waals surface area (Å²) in [5, 5.41) is 13.2. The molecule has 4 heterocycles. The van der Waals surface area contributed by atoms with Crippen LogP contribution in [0.15, 0.2) is 12.1 Å². The lowest BCUT2D eigenvalue weighted by atomic mass is 9.95. The fraction of sp³-hybridized carbons (Fsp3) is 0.538. The number of nitrogens with two attached hydrogens (primary N) is 1. The predicted octanol–water partition coefficient (Wildman–Crippen LogP) is 1.09. The number of hydrogen-bond acceptors (Lipinski definition) is 7. The van der Waals surface area contributed by atoms with Gasteiger partial charge in [-0.25, -0.2) is 0 Å². The number of carbonyl (C=O) groups is 1. The van der Waals surface area contributed by atoms with Crippen LogP contribution in [0, 0.1) is 6.92 Å². The summed E-state index contributed by atoms with van der Waals surface area (Å²) in [4.78, 5) is 15.2. The highest BCUT2D eigenvalue weighted by atomic mass is 32.2. The third-order valence-corrected chi connectivity index (χ3v) is 6.72.